The smallest absolute Gasteiger partial charge is 0.142 e. The molecule has 0 aromatic heterocycles. The van der Waals surface area contributed by atoms with E-state index in [0.29, 0.717) is 0 Å². The monoisotopic (exact) mass is 175 g/mol. The fourth-order valence-corrected chi connectivity index (χ4v) is 1.90. The Morgan fingerprint density at radius 2 is 2.23 bits per heavy atom. The minimum absolute atomic E-state index is 0.0647. The molecule has 0 saturated carbocycles. The summed E-state index contributed by atoms with van der Waals surface area (Å²) in [7, 11) is 1.98. The Morgan fingerprint density at radius 1 is 1.46 bits per heavy atom. The molecule has 0 aliphatic carbocycles. The molecular weight excluding hydrogens is 162 g/mol. The van der Waals surface area contributed by atoms with Gasteiger partial charge in [-0.3, -0.25) is 0 Å². The number of benzene rings is 1. The third kappa shape index (κ3) is 1.32. The molecule has 0 N–H and O–H groups in total. The van der Waals surface area contributed by atoms with Crippen molar-refractivity contribution in [1.29, 1.82) is 0 Å². The first-order valence-electron chi connectivity index (χ1n) is 4.59. The lowest BCUT2D eigenvalue weighted by atomic mass is 9.97. The zero-order valence-electron chi connectivity index (χ0n) is 7.73. The van der Waals surface area contributed by atoms with Crippen LogP contribution in [0, 0.1) is 0 Å². The fourth-order valence-electron chi connectivity index (χ4n) is 1.90. The van der Waals surface area contributed by atoms with Crippen molar-refractivity contribution < 1.29 is 4.79 Å². The zero-order valence-corrected chi connectivity index (χ0v) is 7.73. The second-order valence-electron chi connectivity index (χ2n) is 3.48. The number of likely N-dealkylation sites (N-methyl/N-ethyl adjacent to an activating group) is 1. The van der Waals surface area contributed by atoms with Crippen LogP contribution in [-0.2, 0) is 11.2 Å². The molecule has 0 fully saturated rings. The Hall–Kier alpha value is -1.31. The molecule has 1 atom stereocenters. The lowest BCUT2D eigenvalue weighted by molar-refractivity contribution is -0.109. The number of aryl methyl sites for hydroxylation is 1. The van der Waals surface area contributed by atoms with Crippen LogP contribution in [-0.4, -0.2) is 19.4 Å². The van der Waals surface area contributed by atoms with E-state index < -0.39 is 0 Å². The first-order valence-corrected chi connectivity index (χ1v) is 4.59. The summed E-state index contributed by atoms with van der Waals surface area (Å²) in [4.78, 5) is 12.8. The topological polar surface area (TPSA) is 20.3 Å². The van der Waals surface area contributed by atoms with Gasteiger partial charge in [-0.25, -0.2) is 0 Å². The summed E-state index contributed by atoms with van der Waals surface area (Å²) < 4.78 is 0. The van der Waals surface area contributed by atoms with Crippen LogP contribution in [0.4, 0.5) is 5.69 Å². The largest absolute Gasteiger partial charge is 0.365 e. The van der Waals surface area contributed by atoms with E-state index in [1.165, 1.54) is 11.3 Å². The molecule has 13 heavy (non-hydrogen) atoms. The predicted molar refractivity (Wildman–Crippen MR) is 53.0 cm³/mol. The molecule has 0 saturated heterocycles. The van der Waals surface area contributed by atoms with Crippen molar-refractivity contribution in [2.45, 2.75) is 18.9 Å². The Kier molecular flexibility index (Phi) is 2.05. The molecule has 0 amide bonds. The van der Waals surface area contributed by atoms with Crippen LogP contribution in [0.25, 0.3) is 0 Å². The second-order valence-corrected chi connectivity index (χ2v) is 3.48. The van der Waals surface area contributed by atoms with E-state index in [1.54, 1.807) is 0 Å². The van der Waals surface area contributed by atoms with E-state index in [-0.39, 0.29) is 6.04 Å². The van der Waals surface area contributed by atoms with Gasteiger partial charge in [-0.2, -0.15) is 0 Å². The molecule has 2 rings (SSSR count). The summed E-state index contributed by atoms with van der Waals surface area (Å²) in [5.41, 5.74) is 2.55. The van der Waals surface area contributed by atoms with Gasteiger partial charge in [0.05, 0.1) is 6.04 Å². The van der Waals surface area contributed by atoms with Gasteiger partial charge in [-0.15, -0.1) is 0 Å². The maximum atomic E-state index is 10.7. The van der Waals surface area contributed by atoms with Gasteiger partial charge in [0.25, 0.3) is 0 Å². The van der Waals surface area contributed by atoms with Gasteiger partial charge >= 0.3 is 0 Å². The lowest BCUT2D eigenvalue weighted by Gasteiger charge is -2.32. The summed E-state index contributed by atoms with van der Waals surface area (Å²) in [5.74, 6) is 0. The van der Waals surface area contributed by atoms with E-state index in [0.717, 1.165) is 19.1 Å². The van der Waals surface area contributed by atoms with Crippen LogP contribution in [0.3, 0.4) is 0 Å². The highest BCUT2D eigenvalue weighted by Gasteiger charge is 2.21. The van der Waals surface area contributed by atoms with Gasteiger partial charge < -0.3 is 9.69 Å². The molecule has 0 bridgehead atoms. The molecule has 1 aromatic carbocycles. The van der Waals surface area contributed by atoms with Crippen LogP contribution in [0.15, 0.2) is 24.3 Å². The highest BCUT2D eigenvalue weighted by atomic mass is 16.1. The number of hydrogen-bond acceptors (Lipinski definition) is 2. The van der Waals surface area contributed by atoms with Crippen LogP contribution in [0.2, 0.25) is 0 Å². The third-order valence-corrected chi connectivity index (χ3v) is 2.74. The Bertz CT molecular complexity index is 322. The molecule has 2 heteroatoms. The van der Waals surface area contributed by atoms with Gasteiger partial charge in [0.1, 0.15) is 6.29 Å². The molecule has 1 aliphatic rings. The van der Waals surface area contributed by atoms with E-state index in [2.05, 4.69) is 17.0 Å². The summed E-state index contributed by atoms with van der Waals surface area (Å²) in [5, 5.41) is 0. The van der Waals surface area contributed by atoms with E-state index in [9.17, 15) is 4.79 Å². The van der Waals surface area contributed by atoms with Crippen molar-refractivity contribution in [3.8, 4) is 0 Å². The highest BCUT2D eigenvalue weighted by molar-refractivity contribution is 5.69. The number of anilines is 1. The van der Waals surface area contributed by atoms with Crippen molar-refractivity contribution in [2.24, 2.45) is 0 Å². The van der Waals surface area contributed by atoms with Gasteiger partial charge in [-0.05, 0) is 24.5 Å². The molecule has 2 nitrogen and oxygen atoms in total. The fraction of sp³-hybridized carbons (Fsp3) is 0.364. The first kappa shape index (κ1) is 8.30. The number of carbonyl (C=O) groups is 1. The van der Waals surface area contributed by atoms with Crippen molar-refractivity contribution in [1.82, 2.24) is 0 Å². The summed E-state index contributed by atoms with van der Waals surface area (Å²) in [6, 6.07) is 8.34. The molecule has 1 unspecified atom stereocenters. The maximum Gasteiger partial charge on any atom is 0.142 e. The van der Waals surface area contributed by atoms with E-state index >= 15 is 0 Å². The zero-order chi connectivity index (χ0) is 9.26. The minimum Gasteiger partial charge on any atom is -0.365 e. The second kappa shape index (κ2) is 3.21. The number of nitrogens with zero attached hydrogens (tertiary/aromatic N) is 1. The Balaban J connectivity index is 2.38. The first-order chi connectivity index (χ1) is 6.33. The maximum absolute atomic E-state index is 10.7. The van der Waals surface area contributed by atoms with Gasteiger partial charge in [-0.1, -0.05) is 18.2 Å². The number of carbonyl (C=O) groups excluding carboxylic acids is 1. The molecule has 0 spiro atoms. The quantitative estimate of drug-likeness (QED) is 0.605. The standard InChI is InChI=1S/C11H13NO/c1-12-10(8-13)7-6-9-4-2-3-5-11(9)12/h2-5,8,10H,6-7H2,1H3. The summed E-state index contributed by atoms with van der Waals surface area (Å²) >= 11 is 0. The van der Waals surface area contributed by atoms with Crippen LogP contribution in [0.5, 0.6) is 0 Å². The van der Waals surface area contributed by atoms with Crippen LogP contribution in [0.1, 0.15) is 12.0 Å². The predicted octanol–water partition coefficient (Wildman–Crippen LogP) is 1.64. The normalized spacial score (nSPS) is 21.0. The Labute approximate surface area is 78.2 Å². The van der Waals surface area contributed by atoms with Crippen molar-refractivity contribution in [2.75, 3.05) is 11.9 Å². The van der Waals surface area contributed by atoms with Crippen LogP contribution >= 0.6 is 0 Å². The highest BCUT2D eigenvalue weighted by Crippen LogP contribution is 2.27. The van der Waals surface area contributed by atoms with Gasteiger partial charge in [0.2, 0.25) is 0 Å². The summed E-state index contributed by atoms with van der Waals surface area (Å²) in [6.45, 7) is 0. The van der Waals surface area contributed by atoms with Crippen molar-refractivity contribution in [3.63, 3.8) is 0 Å². The number of hydrogen-bond donors (Lipinski definition) is 0. The van der Waals surface area contributed by atoms with E-state index in [1.807, 2.05) is 19.2 Å². The third-order valence-electron chi connectivity index (χ3n) is 2.74. The Morgan fingerprint density at radius 3 is 3.00 bits per heavy atom. The molecule has 1 heterocycles. The average Bonchev–Trinajstić information content (AvgIpc) is 2.19. The molecule has 1 aromatic rings. The minimum atomic E-state index is 0.0647. The molecule has 0 radical (unpaired) electrons. The summed E-state index contributed by atoms with van der Waals surface area (Å²) in [6.07, 6.45) is 3.00. The number of rotatable bonds is 1. The molecule has 68 valence electrons. The van der Waals surface area contributed by atoms with Gasteiger partial charge in [0.15, 0.2) is 0 Å². The van der Waals surface area contributed by atoms with Crippen molar-refractivity contribution >= 4 is 12.0 Å². The van der Waals surface area contributed by atoms with Crippen LogP contribution < -0.4 is 4.90 Å². The number of para-hydroxylation sites is 1. The number of fused-ring (bicyclic) bond motifs is 1. The van der Waals surface area contributed by atoms with E-state index in [4.69, 9.17) is 0 Å². The van der Waals surface area contributed by atoms with Crippen molar-refractivity contribution in [3.05, 3.63) is 29.8 Å². The lowest BCUT2D eigenvalue weighted by Crippen LogP contribution is -2.37. The van der Waals surface area contributed by atoms with Gasteiger partial charge in [0, 0.05) is 12.7 Å². The average molecular weight is 175 g/mol. The SMILES string of the molecule is CN1c2ccccc2CCC1C=O. The molecule has 1 aliphatic heterocycles. The number of aldehydes is 1. The molecular formula is C11H13NO.